The Kier molecular flexibility index (Phi) is 8.19. The number of halogens is 2. The predicted molar refractivity (Wildman–Crippen MR) is 126 cm³/mol. The number of aromatic nitrogens is 6. The molecular weight excluding hydrogens is 455 g/mol. The second kappa shape index (κ2) is 10.1. The van der Waals surface area contributed by atoms with Crippen molar-refractivity contribution >= 4 is 43.9 Å². The summed E-state index contributed by atoms with van der Waals surface area (Å²) in [6, 6.07) is 5.36. The van der Waals surface area contributed by atoms with Crippen LogP contribution in [-0.4, -0.2) is 57.3 Å². The zero-order valence-corrected chi connectivity index (χ0v) is 20.5. The van der Waals surface area contributed by atoms with Crippen LogP contribution in [0.15, 0.2) is 24.8 Å². The molecule has 0 bridgehead atoms. The first-order valence-corrected chi connectivity index (χ1v) is 13.5. The van der Waals surface area contributed by atoms with Crippen molar-refractivity contribution in [3.63, 3.8) is 0 Å². The lowest BCUT2D eigenvalue weighted by atomic mass is 9.90. The van der Waals surface area contributed by atoms with E-state index in [0.29, 0.717) is 31.9 Å². The monoisotopic (exact) mass is 482 g/mol. The van der Waals surface area contributed by atoms with E-state index >= 15 is 0 Å². The average Bonchev–Trinajstić information content (AvgIpc) is 3.28. The fourth-order valence-corrected chi connectivity index (χ4v) is 4.11. The van der Waals surface area contributed by atoms with Gasteiger partial charge in [-0.3, -0.25) is 0 Å². The fourth-order valence-electron chi connectivity index (χ4n) is 3.35. The summed E-state index contributed by atoms with van der Waals surface area (Å²) in [5.74, 6) is 0. The van der Waals surface area contributed by atoms with Gasteiger partial charge in [-0.05, 0) is 12.1 Å². The Labute approximate surface area is 195 Å². The maximum atomic E-state index is 9.15. The second-order valence-electron chi connectivity index (χ2n) is 8.78. The highest BCUT2D eigenvalue weighted by Gasteiger charge is 2.41. The summed E-state index contributed by atoms with van der Waals surface area (Å²) < 4.78 is 7.86. The maximum absolute atomic E-state index is 9.15. The van der Waals surface area contributed by atoms with Gasteiger partial charge in [-0.25, -0.2) is 9.97 Å². The molecule has 168 valence electrons. The Morgan fingerprint density at radius 3 is 2.68 bits per heavy atom. The van der Waals surface area contributed by atoms with Crippen molar-refractivity contribution in [2.75, 3.05) is 19.7 Å². The van der Waals surface area contributed by atoms with Crippen LogP contribution in [0.2, 0.25) is 25.7 Å². The smallest absolute Gasteiger partial charge is 0.145 e. The molecule has 0 saturated carbocycles. The number of hydrogen-bond acceptors (Lipinski definition) is 7. The van der Waals surface area contributed by atoms with Crippen molar-refractivity contribution in [3.8, 4) is 17.5 Å². The van der Waals surface area contributed by atoms with Crippen molar-refractivity contribution < 1.29 is 4.74 Å². The van der Waals surface area contributed by atoms with Crippen molar-refractivity contribution in [3.05, 3.63) is 24.8 Å². The highest BCUT2D eigenvalue weighted by molar-refractivity contribution is 6.76. The van der Waals surface area contributed by atoms with Crippen LogP contribution >= 0.6 is 24.8 Å². The summed E-state index contributed by atoms with van der Waals surface area (Å²) >= 11 is 0. The van der Waals surface area contributed by atoms with E-state index in [0.717, 1.165) is 29.4 Å². The van der Waals surface area contributed by atoms with Gasteiger partial charge in [0, 0.05) is 39.4 Å². The minimum atomic E-state index is -1.11. The zero-order chi connectivity index (χ0) is 20.5. The minimum absolute atomic E-state index is 0. The van der Waals surface area contributed by atoms with Crippen LogP contribution in [0.25, 0.3) is 22.4 Å². The Hall–Kier alpha value is -2.03. The summed E-state index contributed by atoms with van der Waals surface area (Å²) in [4.78, 5) is 10.5. The van der Waals surface area contributed by atoms with E-state index in [1.54, 1.807) is 17.3 Å². The van der Waals surface area contributed by atoms with Gasteiger partial charge in [-0.2, -0.15) is 20.3 Å². The van der Waals surface area contributed by atoms with Crippen LogP contribution in [0.5, 0.6) is 0 Å². The van der Waals surface area contributed by atoms with E-state index in [2.05, 4.69) is 51.2 Å². The lowest BCUT2D eigenvalue weighted by molar-refractivity contribution is 0.0899. The normalized spacial score (nSPS) is 14.9. The summed E-state index contributed by atoms with van der Waals surface area (Å²) in [6.07, 6.45) is 5.60. The molecule has 4 rings (SSSR count). The van der Waals surface area contributed by atoms with Crippen LogP contribution in [0.3, 0.4) is 0 Å². The first kappa shape index (κ1) is 25.2. The van der Waals surface area contributed by atoms with Crippen molar-refractivity contribution in [2.24, 2.45) is 0 Å². The van der Waals surface area contributed by atoms with E-state index in [1.807, 2.05) is 16.8 Å². The molecule has 1 aliphatic rings. The third kappa shape index (κ3) is 5.24. The number of nitriles is 1. The summed E-state index contributed by atoms with van der Waals surface area (Å²) in [7, 11) is -1.11. The average molecular weight is 483 g/mol. The topological polar surface area (TPSA) is 106 Å². The van der Waals surface area contributed by atoms with E-state index in [9.17, 15) is 0 Å². The lowest BCUT2D eigenvalue weighted by Gasteiger charge is -2.39. The highest BCUT2D eigenvalue weighted by atomic mass is 35.5. The van der Waals surface area contributed by atoms with Gasteiger partial charge in [-0.15, -0.1) is 24.8 Å². The van der Waals surface area contributed by atoms with Gasteiger partial charge < -0.3 is 14.6 Å². The number of nitrogens with zero attached hydrogens (tertiary/aromatic N) is 7. The molecule has 3 aromatic rings. The number of hydrogen-bond donors (Lipinski definition) is 1. The Morgan fingerprint density at radius 1 is 1.26 bits per heavy atom. The minimum Gasteiger partial charge on any atom is -0.361 e. The van der Waals surface area contributed by atoms with Gasteiger partial charge >= 0.3 is 0 Å². The molecule has 3 aromatic heterocycles. The molecule has 1 saturated heterocycles. The number of nitrogens with one attached hydrogen (secondary N) is 1. The number of rotatable bonds is 8. The molecule has 12 heteroatoms. The van der Waals surface area contributed by atoms with Crippen LogP contribution in [-0.2, 0) is 17.0 Å². The van der Waals surface area contributed by atoms with Gasteiger partial charge in [0.05, 0.1) is 18.7 Å². The molecule has 0 radical (unpaired) electrons. The summed E-state index contributed by atoms with van der Waals surface area (Å²) in [5.41, 5.74) is 1.87. The SMILES string of the molecule is C[Si](C)(C)CCOCn1ccc2c(-c3cnn(C4(CC#N)CNC4)n3)ncnc21.Cl.Cl. The predicted octanol–water partition coefficient (Wildman–Crippen LogP) is 3.06. The largest absolute Gasteiger partial charge is 0.361 e. The quantitative estimate of drug-likeness (QED) is 0.388. The second-order valence-corrected chi connectivity index (χ2v) is 14.4. The summed E-state index contributed by atoms with van der Waals surface area (Å²) in [6.45, 7) is 9.64. The van der Waals surface area contributed by atoms with E-state index < -0.39 is 8.07 Å². The van der Waals surface area contributed by atoms with Gasteiger partial charge in [-0.1, -0.05) is 19.6 Å². The molecule has 1 aliphatic heterocycles. The van der Waals surface area contributed by atoms with Crippen molar-refractivity contribution in [1.29, 1.82) is 5.26 Å². The molecule has 0 atom stereocenters. The maximum Gasteiger partial charge on any atom is 0.145 e. The molecule has 9 nitrogen and oxygen atoms in total. The van der Waals surface area contributed by atoms with Crippen LogP contribution in [0.4, 0.5) is 0 Å². The van der Waals surface area contributed by atoms with Gasteiger partial charge in [0.25, 0.3) is 0 Å². The molecule has 0 unspecified atom stereocenters. The number of fused-ring (bicyclic) bond motifs is 1. The molecule has 0 spiro atoms. The number of ether oxygens (including phenoxy) is 1. The third-order valence-electron chi connectivity index (χ3n) is 5.26. The zero-order valence-electron chi connectivity index (χ0n) is 17.9. The van der Waals surface area contributed by atoms with Gasteiger partial charge in [0.1, 0.15) is 35.6 Å². The summed E-state index contributed by atoms with van der Waals surface area (Å²) in [5, 5.41) is 22.3. The first-order valence-electron chi connectivity index (χ1n) is 9.80. The third-order valence-corrected chi connectivity index (χ3v) is 6.96. The van der Waals surface area contributed by atoms with E-state index in [4.69, 9.17) is 10.00 Å². The fraction of sp³-hybridized carbons (Fsp3) is 0.526. The van der Waals surface area contributed by atoms with Crippen molar-refractivity contribution in [1.82, 2.24) is 34.8 Å². The van der Waals surface area contributed by atoms with E-state index in [1.165, 1.54) is 0 Å². The van der Waals surface area contributed by atoms with Crippen LogP contribution in [0, 0.1) is 11.3 Å². The van der Waals surface area contributed by atoms with Gasteiger partial charge in [0.15, 0.2) is 0 Å². The molecule has 0 aromatic carbocycles. The standard InChI is InChI=1S/C19H26N8OSi.2ClH/c1-29(2,3)9-8-28-14-26-7-4-15-17(22-13-23-18(15)26)16-10-24-27(25-16)19(5-6-20)11-21-12-19;;/h4,7,10,13,21H,5,8-9,11-12,14H2,1-3H3;2*1H. The molecule has 4 heterocycles. The molecular formula is C19H28Cl2N8OSi. The van der Waals surface area contributed by atoms with Crippen molar-refractivity contribution in [2.45, 2.75) is 44.4 Å². The van der Waals surface area contributed by atoms with Gasteiger partial charge in [0.2, 0.25) is 0 Å². The molecule has 0 amide bonds. The molecule has 1 fully saturated rings. The first-order chi connectivity index (χ1) is 13.9. The van der Waals surface area contributed by atoms with Crippen LogP contribution in [0.1, 0.15) is 6.42 Å². The Morgan fingerprint density at radius 2 is 2.03 bits per heavy atom. The lowest BCUT2D eigenvalue weighted by Crippen LogP contribution is -2.61. The Balaban J connectivity index is 0.00000171. The molecule has 1 N–H and O–H groups in total. The van der Waals surface area contributed by atoms with E-state index in [-0.39, 0.29) is 30.4 Å². The molecule has 0 aliphatic carbocycles. The van der Waals surface area contributed by atoms with Crippen LogP contribution < -0.4 is 5.32 Å². The molecule has 31 heavy (non-hydrogen) atoms. The highest BCUT2D eigenvalue weighted by Crippen LogP contribution is 2.28. The Bertz CT molecular complexity index is 1050.